The van der Waals surface area contributed by atoms with E-state index in [0.29, 0.717) is 17.2 Å². The van der Waals surface area contributed by atoms with Crippen LogP contribution >= 0.6 is 12.2 Å². The van der Waals surface area contributed by atoms with Crippen LogP contribution in [0.15, 0.2) is 23.3 Å². The van der Waals surface area contributed by atoms with Crippen LogP contribution in [0.4, 0.5) is 0 Å². The monoisotopic (exact) mass is 295 g/mol. The predicted octanol–water partition coefficient (Wildman–Crippen LogP) is 1.07. The number of phenolic OH excluding ortho intramolecular Hbond substituents is 2. The number of hydrogen-bond acceptors (Lipinski definition) is 5. The van der Waals surface area contributed by atoms with Gasteiger partial charge in [0.25, 0.3) is 0 Å². The van der Waals surface area contributed by atoms with Crippen molar-refractivity contribution < 1.29 is 14.9 Å². The third-order valence-electron chi connectivity index (χ3n) is 2.90. The average Bonchev–Trinajstić information content (AvgIpc) is 2.92. The molecule has 0 aromatic heterocycles. The number of hydrazone groups is 1. The number of phenols is 2. The lowest BCUT2D eigenvalue weighted by Gasteiger charge is -2.11. The van der Waals surface area contributed by atoms with Crippen LogP contribution in [0.5, 0.6) is 11.5 Å². The Morgan fingerprint density at radius 1 is 1.50 bits per heavy atom. The van der Waals surface area contributed by atoms with Gasteiger partial charge in [-0.15, -0.1) is 0 Å². The lowest BCUT2D eigenvalue weighted by molar-refractivity contribution is 0.114. The smallest absolute Gasteiger partial charge is 0.187 e. The van der Waals surface area contributed by atoms with Crippen molar-refractivity contribution in [3.05, 3.63) is 23.8 Å². The van der Waals surface area contributed by atoms with E-state index in [4.69, 9.17) is 22.1 Å². The van der Waals surface area contributed by atoms with Gasteiger partial charge in [0.15, 0.2) is 5.11 Å². The highest BCUT2D eigenvalue weighted by molar-refractivity contribution is 7.80. The van der Waals surface area contributed by atoms with E-state index >= 15 is 0 Å². The van der Waals surface area contributed by atoms with E-state index < -0.39 is 0 Å². The van der Waals surface area contributed by atoms with Crippen molar-refractivity contribution >= 4 is 23.5 Å². The molecule has 0 spiro atoms. The van der Waals surface area contributed by atoms with Gasteiger partial charge in [0, 0.05) is 24.8 Å². The summed E-state index contributed by atoms with van der Waals surface area (Å²) in [5.41, 5.74) is 3.14. The van der Waals surface area contributed by atoms with Gasteiger partial charge in [-0.25, -0.2) is 0 Å². The molecule has 1 atom stereocenters. The number of aromatic hydroxyl groups is 2. The lowest BCUT2D eigenvalue weighted by atomic mass is 10.2. The zero-order valence-corrected chi connectivity index (χ0v) is 11.7. The first kappa shape index (κ1) is 14.5. The summed E-state index contributed by atoms with van der Waals surface area (Å²) in [6.45, 7) is 1.47. The van der Waals surface area contributed by atoms with Gasteiger partial charge in [-0.05, 0) is 37.2 Å². The summed E-state index contributed by atoms with van der Waals surface area (Å²) in [7, 11) is 0. The number of rotatable bonds is 4. The van der Waals surface area contributed by atoms with E-state index in [1.807, 2.05) is 0 Å². The fourth-order valence-electron chi connectivity index (χ4n) is 1.85. The molecule has 0 bridgehead atoms. The van der Waals surface area contributed by atoms with Crippen LogP contribution in [0.25, 0.3) is 0 Å². The van der Waals surface area contributed by atoms with Crippen LogP contribution in [0.3, 0.4) is 0 Å². The minimum absolute atomic E-state index is 0.00126. The van der Waals surface area contributed by atoms with Gasteiger partial charge in [0.2, 0.25) is 0 Å². The van der Waals surface area contributed by atoms with Crippen molar-refractivity contribution in [3.63, 3.8) is 0 Å². The Balaban J connectivity index is 1.75. The van der Waals surface area contributed by atoms with Crippen LogP contribution in [0.2, 0.25) is 0 Å². The number of thiocarbonyl (C=S) groups is 1. The second-order valence-corrected chi connectivity index (χ2v) is 4.87. The minimum Gasteiger partial charge on any atom is -0.508 e. The molecule has 1 aromatic carbocycles. The number of hydrogen-bond donors (Lipinski definition) is 4. The maximum Gasteiger partial charge on any atom is 0.187 e. The molecule has 2 rings (SSSR count). The number of nitrogens with one attached hydrogen (secondary N) is 2. The maximum absolute atomic E-state index is 9.56. The Labute approximate surface area is 122 Å². The molecule has 0 saturated carbocycles. The van der Waals surface area contributed by atoms with E-state index in [2.05, 4.69) is 15.8 Å². The molecule has 1 heterocycles. The van der Waals surface area contributed by atoms with Crippen LogP contribution in [-0.4, -0.2) is 40.8 Å². The quantitative estimate of drug-likeness (QED) is 0.378. The maximum atomic E-state index is 9.56. The first-order valence-corrected chi connectivity index (χ1v) is 6.76. The molecule has 1 fully saturated rings. The van der Waals surface area contributed by atoms with E-state index in [0.717, 1.165) is 19.4 Å². The predicted molar refractivity (Wildman–Crippen MR) is 80.1 cm³/mol. The Morgan fingerprint density at radius 2 is 2.35 bits per heavy atom. The molecule has 0 radical (unpaired) electrons. The SMILES string of the molecule is Oc1ccc(/C=N/NC(=S)NC[C@@H]2CCCO2)c(O)c1. The van der Waals surface area contributed by atoms with E-state index in [1.165, 1.54) is 18.3 Å². The fourth-order valence-corrected chi connectivity index (χ4v) is 1.99. The molecule has 0 amide bonds. The third kappa shape index (κ3) is 4.36. The van der Waals surface area contributed by atoms with Crippen molar-refractivity contribution in [3.8, 4) is 11.5 Å². The molecule has 1 aliphatic rings. The van der Waals surface area contributed by atoms with Crippen molar-refractivity contribution in [2.75, 3.05) is 13.2 Å². The van der Waals surface area contributed by atoms with E-state index in [-0.39, 0.29) is 17.6 Å². The Hall–Kier alpha value is -1.86. The molecule has 108 valence electrons. The topological polar surface area (TPSA) is 86.1 Å². The molecule has 7 heteroatoms. The molecule has 0 unspecified atom stereocenters. The van der Waals surface area contributed by atoms with Crippen LogP contribution in [0, 0.1) is 0 Å². The van der Waals surface area contributed by atoms with E-state index in [9.17, 15) is 5.11 Å². The van der Waals surface area contributed by atoms with E-state index in [1.54, 1.807) is 6.07 Å². The Kier molecular flexibility index (Phi) is 5.14. The normalized spacial score (nSPS) is 18.3. The molecule has 4 N–H and O–H groups in total. The van der Waals surface area contributed by atoms with Crippen LogP contribution < -0.4 is 10.7 Å². The Bertz CT molecular complexity index is 502. The lowest BCUT2D eigenvalue weighted by Crippen LogP contribution is -2.37. The molecular formula is C13H17N3O3S. The summed E-state index contributed by atoms with van der Waals surface area (Å²) in [5, 5.41) is 26.0. The number of ether oxygens (including phenoxy) is 1. The van der Waals surface area contributed by atoms with Gasteiger partial charge in [0.1, 0.15) is 11.5 Å². The first-order chi connectivity index (χ1) is 9.65. The molecule has 1 aliphatic heterocycles. The zero-order valence-electron chi connectivity index (χ0n) is 10.9. The first-order valence-electron chi connectivity index (χ1n) is 6.35. The van der Waals surface area contributed by atoms with Crippen molar-refractivity contribution in [1.82, 2.24) is 10.7 Å². The number of benzene rings is 1. The summed E-state index contributed by atoms with van der Waals surface area (Å²) in [6, 6.07) is 4.27. The van der Waals surface area contributed by atoms with Gasteiger partial charge in [-0.1, -0.05) is 0 Å². The van der Waals surface area contributed by atoms with Crippen molar-refractivity contribution in [2.24, 2.45) is 5.10 Å². The standard InChI is InChI=1S/C13H17N3O3S/c17-10-4-3-9(12(18)6-10)7-15-16-13(20)14-8-11-2-1-5-19-11/h3-4,6-7,11,17-18H,1-2,5,8H2,(H2,14,16,20)/b15-7+/t11-/m0/s1. The molecule has 20 heavy (non-hydrogen) atoms. The second-order valence-electron chi connectivity index (χ2n) is 4.46. The highest BCUT2D eigenvalue weighted by Crippen LogP contribution is 2.20. The van der Waals surface area contributed by atoms with Crippen LogP contribution in [-0.2, 0) is 4.74 Å². The molecular weight excluding hydrogens is 278 g/mol. The third-order valence-corrected chi connectivity index (χ3v) is 3.13. The van der Waals surface area contributed by atoms with Gasteiger partial charge in [-0.3, -0.25) is 5.43 Å². The minimum atomic E-state index is -0.0474. The zero-order chi connectivity index (χ0) is 14.4. The molecule has 6 nitrogen and oxygen atoms in total. The van der Waals surface area contributed by atoms with Gasteiger partial charge in [-0.2, -0.15) is 5.10 Å². The summed E-state index contributed by atoms with van der Waals surface area (Å²) >= 11 is 5.06. The molecule has 1 saturated heterocycles. The Morgan fingerprint density at radius 3 is 3.05 bits per heavy atom. The largest absolute Gasteiger partial charge is 0.508 e. The van der Waals surface area contributed by atoms with Crippen molar-refractivity contribution in [2.45, 2.75) is 18.9 Å². The molecule has 1 aromatic rings. The summed E-state index contributed by atoms with van der Waals surface area (Å²) in [6.07, 6.45) is 3.76. The van der Waals surface area contributed by atoms with Gasteiger partial charge < -0.3 is 20.3 Å². The van der Waals surface area contributed by atoms with Gasteiger partial charge in [0.05, 0.1) is 12.3 Å². The average molecular weight is 295 g/mol. The highest BCUT2D eigenvalue weighted by atomic mass is 32.1. The summed E-state index contributed by atoms with van der Waals surface area (Å²) < 4.78 is 5.46. The fraction of sp³-hybridized carbons (Fsp3) is 0.385. The summed E-state index contributed by atoms with van der Waals surface area (Å²) in [5.74, 6) is -0.0462. The second kappa shape index (κ2) is 7.06. The van der Waals surface area contributed by atoms with Crippen molar-refractivity contribution in [1.29, 1.82) is 0 Å². The van der Waals surface area contributed by atoms with Gasteiger partial charge >= 0.3 is 0 Å². The number of nitrogens with zero attached hydrogens (tertiary/aromatic N) is 1. The van der Waals surface area contributed by atoms with Crippen LogP contribution in [0.1, 0.15) is 18.4 Å². The molecule has 0 aliphatic carbocycles. The highest BCUT2D eigenvalue weighted by Gasteiger charge is 2.14. The summed E-state index contributed by atoms with van der Waals surface area (Å²) in [4.78, 5) is 0.